The molecule has 10 heteroatoms. The minimum absolute atomic E-state index is 0.0406. The number of piperidine rings is 1. The van der Waals surface area contributed by atoms with Crippen molar-refractivity contribution in [2.45, 2.75) is 30.6 Å². The van der Waals surface area contributed by atoms with E-state index >= 15 is 0 Å². The third-order valence-corrected chi connectivity index (χ3v) is 8.20. The van der Waals surface area contributed by atoms with Crippen LogP contribution in [0.4, 0.5) is 15.8 Å². The van der Waals surface area contributed by atoms with Crippen molar-refractivity contribution < 1.29 is 17.6 Å². The summed E-state index contributed by atoms with van der Waals surface area (Å²) in [6.07, 6.45) is 4.19. The SMILES string of the molecule is O=C(Nc1c(F)cccc1N1CCCC1)C1CCN(S(=O)(=O)c2cccnc2Cl)CC1. The Kier molecular flexibility index (Phi) is 6.45. The number of nitrogens with one attached hydrogen (secondary N) is 1. The van der Waals surface area contributed by atoms with E-state index in [-0.39, 0.29) is 34.7 Å². The van der Waals surface area contributed by atoms with E-state index in [1.807, 2.05) is 6.07 Å². The number of carbonyl (C=O) groups excluding carboxylic acids is 1. The minimum atomic E-state index is -3.78. The lowest BCUT2D eigenvalue weighted by atomic mass is 9.97. The molecule has 31 heavy (non-hydrogen) atoms. The van der Waals surface area contributed by atoms with E-state index in [4.69, 9.17) is 11.6 Å². The number of para-hydroxylation sites is 1. The van der Waals surface area contributed by atoms with Crippen LogP contribution in [0.15, 0.2) is 41.4 Å². The first kappa shape index (κ1) is 22.0. The van der Waals surface area contributed by atoms with Gasteiger partial charge < -0.3 is 10.2 Å². The number of carbonyl (C=O) groups is 1. The summed E-state index contributed by atoms with van der Waals surface area (Å²) in [6.45, 7) is 2.03. The fourth-order valence-corrected chi connectivity index (χ4v) is 6.04. The van der Waals surface area contributed by atoms with Gasteiger partial charge in [-0.2, -0.15) is 4.31 Å². The molecule has 0 radical (unpaired) electrons. The van der Waals surface area contributed by atoms with E-state index in [1.165, 1.54) is 28.7 Å². The molecule has 0 atom stereocenters. The second kappa shape index (κ2) is 9.10. The van der Waals surface area contributed by atoms with Crippen molar-refractivity contribution in [2.75, 3.05) is 36.4 Å². The lowest BCUT2D eigenvalue weighted by Crippen LogP contribution is -2.41. The van der Waals surface area contributed by atoms with Crippen LogP contribution in [0, 0.1) is 11.7 Å². The smallest absolute Gasteiger partial charge is 0.246 e. The van der Waals surface area contributed by atoms with Crippen molar-refractivity contribution in [3.05, 3.63) is 47.5 Å². The molecule has 2 aliphatic heterocycles. The third-order valence-electron chi connectivity index (χ3n) is 5.85. The van der Waals surface area contributed by atoms with E-state index in [1.54, 1.807) is 6.07 Å². The average molecular weight is 467 g/mol. The number of nitrogens with zero attached hydrogens (tertiary/aromatic N) is 3. The molecule has 7 nitrogen and oxygen atoms in total. The highest BCUT2D eigenvalue weighted by molar-refractivity contribution is 7.89. The first-order valence-electron chi connectivity index (χ1n) is 10.3. The molecular weight excluding hydrogens is 443 g/mol. The Hall–Kier alpha value is -2.23. The van der Waals surface area contributed by atoms with Crippen LogP contribution in [-0.4, -0.2) is 49.8 Å². The zero-order valence-corrected chi connectivity index (χ0v) is 18.5. The van der Waals surface area contributed by atoms with Gasteiger partial charge in [-0.25, -0.2) is 17.8 Å². The number of amides is 1. The lowest BCUT2D eigenvalue weighted by Gasteiger charge is -2.31. The van der Waals surface area contributed by atoms with Gasteiger partial charge in [0.15, 0.2) is 0 Å². The second-order valence-corrected chi connectivity index (χ2v) is 10.1. The topological polar surface area (TPSA) is 82.6 Å². The fraction of sp³-hybridized carbons (Fsp3) is 0.429. The number of benzene rings is 1. The van der Waals surface area contributed by atoms with Gasteiger partial charge in [0.1, 0.15) is 21.6 Å². The summed E-state index contributed by atoms with van der Waals surface area (Å²) in [5.74, 6) is -1.16. The molecule has 4 rings (SSSR count). The maximum absolute atomic E-state index is 14.5. The van der Waals surface area contributed by atoms with Crippen LogP contribution in [0.5, 0.6) is 0 Å². The van der Waals surface area contributed by atoms with Crippen LogP contribution >= 0.6 is 11.6 Å². The van der Waals surface area contributed by atoms with Gasteiger partial charge in [-0.1, -0.05) is 17.7 Å². The van der Waals surface area contributed by atoms with Crippen LogP contribution in [0.25, 0.3) is 0 Å². The molecule has 1 aromatic heterocycles. The Morgan fingerprint density at radius 1 is 1.10 bits per heavy atom. The summed E-state index contributed by atoms with van der Waals surface area (Å²) in [5.41, 5.74) is 0.892. The number of hydrogen-bond donors (Lipinski definition) is 1. The van der Waals surface area contributed by atoms with Crippen molar-refractivity contribution in [3.8, 4) is 0 Å². The van der Waals surface area contributed by atoms with E-state index < -0.39 is 21.8 Å². The molecule has 0 spiro atoms. The molecule has 0 aliphatic carbocycles. The Morgan fingerprint density at radius 3 is 2.48 bits per heavy atom. The highest BCUT2D eigenvalue weighted by Crippen LogP contribution is 2.33. The zero-order chi connectivity index (χ0) is 22.0. The molecule has 1 amide bonds. The first-order chi connectivity index (χ1) is 14.9. The number of rotatable bonds is 5. The van der Waals surface area contributed by atoms with Crippen molar-refractivity contribution in [1.82, 2.24) is 9.29 Å². The van der Waals surface area contributed by atoms with Crippen LogP contribution in [-0.2, 0) is 14.8 Å². The van der Waals surface area contributed by atoms with Crippen LogP contribution in [0.3, 0.4) is 0 Å². The third kappa shape index (κ3) is 4.53. The summed E-state index contributed by atoms with van der Waals surface area (Å²) in [5, 5.41) is 2.69. The number of pyridine rings is 1. The fourth-order valence-electron chi connectivity index (χ4n) is 4.14. The monoisotopic (exact) mass is 466 g/mol. The van der Waals surface area contributed by atoms with Crippen molar-refractivity contribution in [3.63, 3.8) is 0 Å². The summed E-state index contributed by atoms with van der Waals surface area (Å²) in [6, 6.07) is 7.73. The normalized spacial score (nSPS) is 18.3. The van der Waals surface area contributed by atoms with Crippen molar-refractivity contribution in [1.29, 1.82) is 0 Å². The second-order valence-electron chi connectivity index (χ2n) is 7.79. The maximum atomic E-state index is 14.5. The molecule has 2 fully saturated rings. The Morgan fingerprint density at radius 2 is 1.81 bits per heavy atom. The van der Waals surface area contributed by atoms with E-state index in [0.717, 1.165) is 25.9 Å². The standard InChI is InChI=1S/C21H24ClFN4O3S/c22-20-18(7-4-10-24-20)31(29,30)27-13-8-15(9-14-27)21(28)25-19-16(23)5-3-6-17(19)26-11-1-2-12-26/h3-7,10,15H,1-2,8-9,11-14H2,(H,25,28). The molecule has 0 unspecified atom stereocenters. The highest BCUT2D eigenvalue weighted by atomic mass is 35.5. The molecule has 0 bridgehead atoms. The molecule has 3 heterocycles. The minimum Gasteiger partial charge on any atom is -0.370 e. The molecular formula is C21H24ClFN4O3S. The largest absolute Gasteiger partial charge is 0.370 e. The number of halogens is 2. The van der Waals surface area contributed by atoms with Gasteiger partial charge in [0.05, 0.1) is 5.69 Å². The van der Waals surface area contributed by atoms with Gasteiger partial charge in [0, 0.05) is 38.3 Å². The predicted molar refractivity (Wildman–Crippen MR) is 117 cm³/mol. The highest BCUT2D eigenvalue weighted by Gasteiger charge is 2.34. The van der Waals surface area contributed by atoms with Gasteiger partial charge >= 0.3 is 0 Å². The van der Waals surface area contributed by atoms with Crippen LogP contribution in [0.1, 0.15) is 25.7 Å². The number of hydrogen-bond acceptors (Lipinski definition) is 5. The van der Waals surface area contributed by atoms with E-state index in [9.17, 15) is 17.6 Å². The zero-order valence-electron chi connectivity index (χ0n) is 16.9. The number of anilines is 2. The van der Waals surface area contributed by atoms with Gasteiger partial charge in [0.25, 0.3) is 0 Å². The summed E-state index contributed by atoms with van der Waals surface area (Å²) in [7, 11) is -3.78. The summed E-state index contributed by atoms with van der Waals surface area (Å²) < 4.78 is 41.6. The Bertz CT molecular complexity index is 1070. The van der Waals surface area contributed by atoms with Gasteiger partial charge in [-0.05, 0) is 49.9 Å². The molecule has 1 N–H and O–H groups in total. The van der Waals surface area contributed by atoms with Crippen LogP contribution < -0.4 is 10.2 Å². The quantitative estimate of drug-likeness (QED) is 0.682. The first-order valence-corrected chi connectivity index (χ1v) is 12.1. The Labute approximate surface area is 186 Å². The predicted octanol–water partition coefficient (Wildman–Crippen LogP) is 3.51. The van der Waals surface area contributed by atoms with Gasteiger partial charge in [-0.3, -0.25) is 4.79 Å². The molecule has 2 aliphatic rings. The average Bonchev–Trinajstić information content (AvgIpc) is 3.30. The lowest BCUT2D eigenvalue weighted by molar-refractivity contribution is -0.120. The van der Waals surface area contributed by atoms with Crippen LogP contribution in [0.2, 0.25) is 5.15 Å². The van der Waals surface area contributed by atoms with E-state index in [0.29, 0.717) is 18.5 Å². The Balaban J connectivity index is 1.43. The van der Waals surface area contributed by atoms with Gasteiger partial charge in [-0.15, -0.1) is 0 Å². The summed E-state index contributed by atoms with van der Waals surface area (Å²) >= 11 is 5.96. The molecule has 2 saturated heterocycles. The van der Waals surface area contributed by atoms with Crippen molar-refractivity contribution in [2.24, 2.45) is 5.92 Å². The van der Waals surface area contributed by atoms with Gasteiger partial charge in [0.2, 0.25) is 15.9 Å². The summed E-state index contributed by atoms with van der Waals surface area (Å²) in [4.78, 5) is 18.7. The van der Waals surface area contributed by atoms with E-state index in [2.05, 4.69) is 15.2 Å². The molecule has 0 saturated carbocycles. The number of sulfonamides is 1. The number of aromatic nitrogens is 1. The maximum Gasteiger partial charge on any atom is 0.246 e. The molecule has 166 valence electrons. The molecule has 2 aromatic rings. The van der Waals surface area contributed by atoms with Crippen molar-refractivity contribution >= 4 is 38.9 Å². The molecule has 1 aromatic carbocycles.